The van der Waals surface area contributed by atoms with Crippen molar-refractivity contribution in [3.05, 3.63) is 41.0 Å². The molecule has 0 unspecified atom stereocenters. The third kappa shape index (κ3) is 3.96. The molecule has 0 saturated carbocycles. The van der Waals surface area contributed by atoms with Crippen molar-refractivity contribution in [3.8, 4) is 5.75 Å². The quantitative estimate of drug-likeness (QED) is 0.815. The highest BCUT2D eigenvalue weighted by Gasteiger charge is 2.16. The Hall–Kier alpha value is -2.47. The summed E-state index contributed by atoms with van der Waals surface area (Å²) < 4.78 is 5.21. The van der Waals surface area contributed by atoms with Crippen LogP contribution in [0.1, 0.15) is 29.6 Å². The molecule has 2 aromatic rings. The highest BCUT2D eigenvalue weighted by Crippen LogP contribution is 2.29. The zero-order chi connectivity index (χ0) is 17.8. The number of pyridine rings is 1. The smallest absolute Gasteiger partial charge is 0.260 e. The molecule has 1 fully saturated rings. The Morgan fingerprint density at radius 2 is 2.04 bits per heavy atom. The third-order valence-corrected chi connectivity index (χ3v) is 4.60. The van der Waals surface area contributed by atoms with E-state index in [4.69, 9.17) is 22.1 Å². The number of carbonyl (C=O) groups excluding carboxylic acids is 1. The zero-order valence-electron chi connectivity index (χ0n) is 14.1. The van der Waals surface area contributed by atoms with E-state index >= 15 is 0 Å². The number of amides is 1. The fourth-order valence-electron chi connectivity index (χ4n) is 2.90. The molecule has 0 spiro atoms. The average Bonchev–Trinajstić information content (AvgIpc) is 2.65. The Morgan fingerprint density at radius 1 is 1.28 bits per heavy atom. The van der Waals surface area contributed by atoms with Gasteiger partial charge in [0, 0.05) is 19.2 Å². The number of nitrogen functional groups attached to an aromatic ring is 1. The van der Waals surface area contributed by atoms with Gasteiger partial charge in [-0.05, 0) is 37.5 Å². The van der Waals surface area contributed by atoms with Crippen LogP contribution in [0.2, 0.25) is 5.02 Å². The van der Waals surface area contributed by atoms with Crippen LogP contribution in [-0.4, -0.2) is 31.1 Å². The lowest BCUT2D eigenvalue weighted by Crippen LogP contribution is -2.29. The first-order valence-corrected chi connectivity index (χ1v) is 8.61. The van der Waals surface area contributed by atoms with Gasteiger partial charge in [-0.1, -0.05) is 11.6 Å². The van der Waals surface area contributed by atoms with Gasteiger partial charge < -0.3 is 20.7 Å². The second kappa shape index (κ2) is 7.61. The number of hydrogen-bond acceptors (Lipinski definition) is 5. The highest BCUT2D eigenvalue weighted by molar-refractivity contribution is 6.33. The van der Waals surface area contributed by atoms with E-state index in [1.165, 1.54) is 38.5 Å². The van der Waals surface area contributed by atoms with Gasteiger partial charge in [0.2, 0.25) is 0 Å². The molecule has 1 aromatic carbocycles. The number of nitrogens with zero attached hydrogens (tertiary/aromatic N) is 2. The van der Waals surface area contributed by atoms with Crippen LogP contribution in [0.5, 0.6) is 5.75 Å². The maximum Gasteiger partial charge on any atom is 0.260 e. The van der Waals surface area contributed by atoms with Crippen molar-refractivity contribution < 1.29 is 9.53 Å². The van der Waals surface area contributed by atoms with Crippen LogP contribution in [-0.2, 0) is 0 Å². The molecule has 1 saturated heterocycles. The number of carbonyl (C=O) groups is 1. The molecular formula is C18H21ClN4O2. The molecule has 1 aliphatic heterocycles. The number of methoxy groups -OCH3 is 1. The molecule has 132 valence electrons. The van der Waals surface area contributed by atoms with Crippen LogP contribution < -0.4 is 20.7 Å². The first kappa shape index (κ1) is 17.4. The topological polar surface area (TPSA) is 80.5 Å². The van der Waals surface area contributed by atoms with Crippen LogP contribution in [0.15, 0.2) is 30.5 Å². The van der Waals surface area contributed by atoms with Gasteiger partial charge in [0.25, 0.3) is 5.91 Å². The monoisotopic (exact) mass is 360 g/mol. The lowest BCUT2D eigenvalue weighted by atomic mass is 10.1. The molecule has 1 aliphatic rings. The fraction of sp³-hybridized carbons (Fsp3) is 0.333. The summed E-state index contributed by atoms with van der Waals surface area (Å²) in [6, 6.07) is 6.80. The molecular weight excluding hydrogens is 340 g/mol. The summed E-state index contributed by atoms with van der Waals surface area (Å²) in [7, 11) is 1.48. The number of aromatic nitrogens is 1. The number of hydrogen-bond donors (Lipinski definition) is 2. The first-order chi connectivity index (χ1) is 12.1. The van der Waals surface area contributed by atoms with Gasteiger partial charge in [0.1, 0.15) is 11.6 Å². The van der Waals surface area contributed by atoms with Gasteiger partial charge in [-0.25, -0.2) is 4.98 Å². The van der Waals surface area contributed by atoms with Crippen LogP contribution >= 0.6 is 11.6 Å². The van der Waals surface area contributed by atoms with E-state index in [0.29, 0.717) is 27.8 Å². The third-order valence-electron chi connectivity index (χ3n) is 4.27. The van der Waals surface area contributed by atoms with Gasteiger partial charge in [0.05, 0.1) is 35.3 Å². The normalized spacial score (nSPS) is 14.2. The fourth-order valence-corrected chi connectivity index (χ4v) is 3.06. The Morgan fingerprint density at radius 3 is 2.68 bits per heavy atom. The Kier molecular flexibility index (Phi) is 5.28. The molecule has 25 heavy (non-hydrogen) atoms. The van der Waals surface area contributed by atoms with Gasteiger partial charge in [0.15, 0.2) is 0 Å². The number of rotatable bonds is 4. The number of halogens is 1. The number of piperidine rings is 1. The standard InChI is InChI=1S/C18H21ClN4O2/c1-25-16-10-15(20)14(19)9-13(16)18(24)22-17-6-5-12(11-21-17)23-7-3-2-4-8-23/h5-6,9-11H,2-4,7-8,20H2,1H3,(H,21,22,24). The molecule has 1 aromatic heterocycles. The lowest BCUT2D eigenvalue weighted by Gasteiger charge is -2.28. The van der Waals surface area contributed by atoms with Crippen molar-refractivity contribution in [2.75, 3.05) is 36.1 Å². The minimum Gasteiger partial charge on any atom is -0.496 e. The van der Waals surface area contributed by atoms with E-state index in [2.05, 4.69) is 15.2 Å². The number of ether oxygens (including phenoxy) is 1. The average molecular weight is 361 g/mol. The summed E-state index contributed by atoms with van der Waals surface area (Å²) in [6.45, 7) is 2.10. The van der Waals surface area contributed by atoms with E-state index in [9.17, 15) is 4.79 Å². The van der Waals surface area contributed by atoms with E-state index in [1.807, 2.05) is 6.07 Å². The van der Waals surface area contributed by atoms with Crippen molar-refractivity contribution in [1.29, 1.82) is 0 Å². The molecule has 0 aliphatic carbocycles. The van der Waals surface area contributed by atoms with Crippen LogP contribution in [0.25, 0.3) is 0 Å². The summed E-state index contributed by atoms with van der Waals surface area (Å²) in [5, 5.41) is 3.07. The maximum absolute atomic E-state index is 12.5. The van der Waals surface area contributed by atoms with Crippen LogP contribution in [0.3, 0.4) is 0 Å². The molecule has 3 rings (SSSR count). The predicted molar refractivity (Wildman–Crippen MR) is 101 cm³/mol. The van der Waals surface area contributed by atoms with Crippen LogP contribution in [0.4, 0.5) is 17.2 Å². The number of benzene rings is 1. The lowest BCUT2D eigenvalue weighted by molar-refractivity contribution is 0.102. The summed E-state index contributed by atoms with van der Waals surface area (Å²) >= 11 is 6.01. The highest BCUT2D eigenvalue weighted by atomic mass is 35.5. The molecule has 0 radical (unpaired) electrons. The van der Waals surface area contributed by atoms with Gasteiger partial charge >= 0.3 is 0 Å². The minimum atomic E-state index is -0.350. The molecule has 7 heteroatoms. The van der Waals surface area contributed by atoms with Crippen molar-refractivity contribution in [3.63, 3.8) is 0 Å². The summed E-state index contributed by atoms with van der Waals surface area (Å²) in [4.78, 5) is 19.2. The van der Waals surface area contributed by atoms with Crippen LogP contribution in [0, 0.1) is 0 Å². The summed E-state index contributed by atoms with van der Waals surface area (Å²) in [5.74, 6) is 0.488. The largest absolute Gasteiger partial charge is 0.496 e. The molecule has 2 heterocycles. The Bertz CT molecular complexity index is 758. The Labute approximate surface area is 151 Å². The first-order valence-electron chi connectivity index (χ1n) is 8.24. The molecule has 1 amide bonds. The molecule has 0 bridgehead atoms. The van der Waals surface area contributed by atoms with E-state index in [-0.39, 0.29) is 5.91 Å². The number of anilines is 3. The zero-order valence-corrected chi connectivity index (χ0v) is 14.8. The second-order valence-corrected chi connectivity index (χ2v) is 6.38. The molecule has 3 N–H and O–H groups in total. The van der Waals surface area contributed by atoms with E-state index in [0.717, 1.165) is 18.8 Å². The maximum atomic E-state index is 12.5. The molecule has 6 nitrogen and oxygen atoms in total. The van der Waals surface area contributed by atoms with Crippen molar-refractivity contribution in [1.82, 2.24) is 4.98 Å². The number of nitrogens with two attached hydrogens (primary N) is 1. The van der Waals surface area contributed by atoms with Crippen molar-refractivity contribution in [2.45, 2.75) is 19.3 Å². The van der Waals surface area contributed by atoms with Gasteiger partial charge in [-0.15, -0.1) is 0 Å². The number of nitrogens with one attached hydrogen (secondary N) is 1. The summed E-state index contributed by atoms with van der Waals surface area (Å²) in [5.41, 5.74) is 7.49. The SMILES string of the molecule is COc1cc(N)c(Cl)cc1C(=O)Nc1ccc(N2CCCCC2)cn1. The van der Waals surface area contributed by atoms with Gasteiger partial charge in [-0.2, -0.15) is 0 Å². The van der Waals surface area contributed by atoms with Crippen molar-refractivity contribution >= 4 is 34.7 Å². The van der Waals surface area contributed by atoms with Gasteiger partial charge in [-0.3, -0.25) is 4.79 Å². The Balaban J connectivity index is 1.74. The van der Waals surface area contributed by atoms with E-state index in [1.54, 1.807) is 12.3 Å². The molecule has 0 atom stereocenters. The van der Waals surface area contributed by atoms with Crippen molar-refractivity contribution in [2.24, 2.45) is 0 Å². The summed E-state index contributed by atoms with van der Waals surface area (Å²) in [6.07, 6.45) is 5.48. The predicted octanol–water partition coefficient (Wildman–Crippen LogP) is 3.57. The second-order valence-electron chi connectivity index (χ2n) is 5.98. The van der Waals surface area contributed by atoms with E-state index < -0.39 is 0 Å². The minimum absolute atomic E-state index is 0.305.